The summed E-state index contributed by atoms with van der Waals surface area (Å²) in [4.78, 5) is 37.5. The van der Waals surface area contributed by atoms with Gasteiger partial charge in [0.25, 0.3) is 5.91 Å². The van der Waals surface area contributed by atoms with Crippen LogP contribution in [0.2, 0.25) is 0 Å². The van der Waals surface area contributed by atoms with Crippen LogP contribution in [0.15, 0.2) is 42.5 Å². The minimum Gasteiger partial charge on any atom is -0.494 e. The zero-order valence-corrected chi connectivity index (χ0v) is 23.1. The van der Waals surface area contributed by atoms with E-state index >= 15 is 0 Å². The van der Waals surface area contributed by atoms with Crippen molar-refractivity contribution in [3.8, 4) is 17.5 Å². The Morgan fingerprint density at radius 1 is 0.952 bits per heavy atom. The highest BCUT2D eigenvalue weighted by atomic mass is 16.5. The molecule has 2 unspecified atom stereocenters. The first-order valence-corrected chi connectivity index (χ1v) is 14.1. The number of ether oxygens (including phenoxy) is 2. The predicted octanol–water partition coefficient (Wildman–Crippen LogP) is 3.06. The van der Waals surface area contributed by atoms with Gasteiger partial charge in [-0.1, -0.05) is 12.1 Å². The van der Waals surface area contributed by atoms with Crippen molar-refractivity contribution in [3.63, 3.8) is 0 Å². The first-order valence-electron chi connectivity index (χ1n) is 14.1. The van der Waals surface area contributed by atoms with Crippen LogP contribution in [0.4, 0.5) is 17.6 Å². The van der Waals surface area contributed by atoms with Crippen LogP contribution in [0, 0.1) is 5.92 Å². The van der Waals surface area contributed by atoms with Crippen LogP contribution in [-0.2, 0) is 11.3 Å². The molecule has 3 aliphatic heterocycles. The third-order valence-electron chi connectivity index (χ3n) is 7.17. The number of carboxylic acids is 1. The van der Waals surface area contributed by atoms with Gasteiger partial charge in [0.2, 0.25) is 11.9 Å². The number of fused-ring (bicyclic) bond motifs is 10. The van der Waals surface area contributed by atoms with Crippen LogP contribution in [0.25, 0.3) is 0 Å². The fourth-order valence-corrected chi connectivity index (χ4v) is 4.91. The van der Waals surface area contributed by atoms with Crippen LogP contribution in [0.3, 0.4) is 0 Å². The van der Waals surface area contributed by atoms with E-state index in [0.29, 0.717) is 50.7 Å². The number of rotatable bonds is 4. The van der Waals surface area contributed by atoms with Crippen LogP contribution >= 0.6 is 0 Å². The maximum Gasteiger partial charge on any atom is 0.326 e. The number of nitrogens with zero attached hydrogens (tertiary/aromatic N) is 3. The maximum atomic E-state index is 13.3. The molecule has 0 saturated carbocycles. The third kappa shape index (κ3) is 7.75. The summed E-state index contributed by atoms with van der Waals surface area (Å²) in [5.41, 5.74) is 1.70. The quantitative estimate of drug-likeness (QED) is 0.267. The second kappa shape index (κ2) is 13.8. The zero-order chi connectivity index (χ0) is 29.3. The van der Waals surface area contributed by atoms with Gasteiger partial charge in [0.15, 0.2) is 0 Å². The number of anilines is 3. The molecule has 0 spiro atoms. The minimum atomic E-state index is -1.08. The van der Waals surface area contributed by atoms with Crippen molar-refractivity contribution in [3.05, 3.63) is 53.6 Å². The number of aliphatic carboxylic acids is 1. The molecule has 42 heavy (non-hydrogen) atoms. The van der Waals surface area contributed by atoms with Crippen LogP contribution < -0.4 is 30.7 Å². The summed E-state index contributed by atoms with van der Waals surface area (Å²) in [5.74, 6) is -0.479. The highest BCUT2D eigenvalue weighted by molar-refractivity contribution is 5.99. The lowest BCUT2D eigenvalue weighted by Gasteiger charge is -2.21. The highest BCUT2D eigenvalue weighted by Gasteiger charge is 2.32. The topological polar surface area (TPSA) is 180 Å². The number of aromatic hydroxyl groups is 1. The average molecular weight is 578 g/mol. The molecular weight excluding hydrogens is 542 g/mol. The molecule has 1 aromatic heterocycles. The van der Waals surface area contributed by atoms with Gasteiger partial charge in [-0.2, -0.15) is 15.0 Å². The molecule has 6 N–H and O–H groups in total. The summed E-state index contributed by atoms with van der Waals surface area (Å²) in [6.45, 7) is 2.61. The monoisotopic (exact) mass is 577 g/mol. The lowest BCUT2D eigenvalue weighted by atomic mass is 9.98. The van der Waals surface area contributed by atoms with Crippen molar-refractivity contribution in [2.75, 3.05) is 36.9 Å². The summed E-state index contributed by atoms with van der Waals surface area (Å²) in [6.07, 6.45) is 4.19. The van der Waals surface area contributed by atoms with Crippen molar-refractivity contribution in [1.29, 1.82) is 0 Å². The van der Waals surface area contributed by atoms with Crippen molar-refractivity contribution in [2.45, 2.75) is 44.7 Å². The van der Waals surface area contributed by atoms with E-state index in [0.717, 1.165) is 37.0 Å². The van der Waals surface area contributed by atoms with Crippen molar-refractivity contribution in [2.24, 2.45) is 5.92 Å². The normalized spacial score (nSPS) is 18.2. The number of amides is 1. The van der Waals surface area contributed by atoms with E-state index in [4.69, 9.17) is 9.47 Å². The first-order chi connectivity index (χ1) is 20.4. The molecule has 1 saturated heterocycles. The number of carbonyl (C=O) groups is 2. The van der Waals surface area contributed by atoms with E-state index in [9.17, 15) is 19.8 Å². The molecular formula is C29H35N7O6. The van der Waals surface area contributed by atoms with Gasteiger partial charge < -0.3 is 41.0 Å². The van der Waals surface area contributed by atoms with Gasteiger partial charge in [-0.25, -0.2) is 4.79 Å². The van der Waals surface area contributed by atoms with Gasteiger partial charge in [0.1, 0.15) is 17.5 Å². The molecule has 1 amide bonds. The van der Waals surface area contributed by atoms with E-state index in [1.165, 1.54) is 0 Å². The number of hydrogen-bond acceptors (Lipinski definition) is 11. The van der Waals surface area contributed by atoms with Gasteiger partial charge in [0, 0.05) is 30.8 Å². The molecule has 3 aromatic rings. The fraction of sp³-hybridized carbons (Fsp3) is 0.414. The Hall–Kier alpha value is -4.65. The lowest BCUT2D eigenvalue weighted by molar-refractivity contribution is -0.140. The molecule has 6 rings (SSSR count). The summed E-state index contributed by atoms with van der Waals surface area (Å²) >= 11 is 0. The summed E-state index contributed by atoms with van der Waals surface area (Å²) < 4.78 is 11.9. The number of carboxylic acid groups (broad SMARTS) is 1. The summed E-state index contributed by atoms with van der Waals surface area (Å²) in [5, 5.41) is 31.8. The highest BCUT2D eigenvalue weighted by Crippen LogP contribution is 2.27. The number of carbonyl (C=O) groups excluding carboxylic acids is 1. The van der Waals surface area contributed by atoms with Crippen molar-refractivity contribution >= 4 is 29.5 Å². The molecule has 0 radical (unpaired) electrons. The number of nitrogens with one attached hydrogen (secondary N) is 4. The Morgan fingerprint density at radius 3 is 2.45 bits per heavy atom. The molecule has 2 aromatic carbocycles. The zero-order valence-electron chi connectivity index (χ0n) is 23.1. The van der Waals surface area contributed by atoms with E-state index in [1.807, 2.05) is 24.3 Å². The van der Waals surface area contributed by atoms with Crippen LogP contribution in [0.5, 0.6) is 17.5 Å². The van der Waals surface area contributed by atoms with Gasteiger partial charge in [-0.15, -0.1) is 0 Å². The minimum absolute atomic E-state index is 0.0856. The third-order valence-corrected chi connectivity index (χ3v) is 7.17. The van der Waals surface area contributed by atoms with Gasteiger partial charge in [-0.3, -0.25) is 4.79 Å². The smallest absolute Gasteiger partial charge is 0.326 e. The van der Waals surface area contributed by atoms with E-state index < -0.39 is 23.9 Å². The Labute approximate surface area is 243 Å². The summed E-state index contributed by atoms with van der Waals surface area (Å²) in [7, 11) is 0. The van der Waals surface area contributed by atoms with Crippen LogP contribution in [-0.4, -0.2) is 69.4 Å². The van der Waals surface area contributed by atoms with E-state index in [2.05, 4.69) is 36.2 Å². The molecule has 0 aliphatic carbocycles. The molecule has 2 atom stereocenters. The molecule has 222 valence electrons. The van der Waals surface area contributed by atoms with Gasteiger partial charge in [-0.05, 0) is 68.5 Å². The van der Waals surface area contributed by atoms with Crippen molar-refractivity contribution in [1.82, 2.24) is 25.6 Å². The van der Waals surface area contributed by atoms with Crippen molar-refractivity contribution < 1.29 is 29.3 Å². The van der Waals surface area contributed by atoms with Gasteiger partial charge >= 0.3 is 12.0 Å². The molecule has 4 heterocycles. The largest absolute Gasteiger partial charge is 0.494 e. The lowest BCUT2D eigenvalue weighted by Crippen LogP contribution is -2.46. The second-order valence-electron chi connectivity index (χ2n) is 10.3. The van der Waals surface area contributed by atoms with Gasteiger partial charge in [0.05, 0.1) is 18.8 Å². The molecule has 6 bridgehead atoms. The number of hydrogen-bond donors (Lipinski definition) is 6. The van der Waals surface area contributed by atoms with E-state index in [1.54, 1.807) is 18.2 Å². The maximum absolute atomic E-state index is 13.3. The SMILES string of the molecule is O=C(NC(C(=O)O)C1CCNC1)c1ccc2cc1OCCCCCCOc1ccc(cc1)CNc1nc(O)nc(n1)N2. The predicted molar refractivity (Wildman–Crippen MR) is 154 cm³/mol. The Balaban J connectivity index is 1.37. The Morgan fingerprint density at radius 2 is 1.71 bits per heavy atom. The molecule has 13 heteroatoms. The molecule has 1 fully saturated rings. The number of benzene rings is 2. The average Bonchev–Trinajstić information content (AvgIpc) is 3.51. The molecule has 13 nitrogen and oxygen atoms in total. The Kier molecular flexibility index (Phi) is 9.49. The summed E-state index contributed by atoms with van der Waals surface area (Å²) in [6, 6.07) is 11.1. The standard InChI is InChI=1S/C29H35N7O6/c37-25(33-24(26(38)39)19-11-12-30-17-19)22-10-7-20-15-23(22)42-14-4-2-1-3-13-41-21-8-5-18(6-9-21)16-31-27-34-28(32-20)36-29(40)35-27/h5-10,15,19,24,30H,1-4,11-14,16-17H2,(H,33,37)(H,38,39)(H3,31,32,34,35,36,40). The molecule has 3 aliphatic rings. The fourth-order valence-electron chi connectivity index (χ4n) is 4.91. The Bertz CT molecular complexity index is 1380. The van der Waals surface area contributed by atoms with Crippen LogP contribution in [0.1, 0.15) is 48.0 Å². The number of aromatic nitrogens is 3. The van der Waals surface area contributed by atoms with E-state index in [-0.39, 0.29) is 23.4 Å². The first kappa shape index (κ1) is 28.9. The second-order valence-corrected chi connectivity index (χ2v) is 10.3.